The molecule has 0 aliphatic heterocycles. The summed E-state index contributed by atoms with van der Waals surface area (Å²) in [6.45, 7) is 24.5. The Hall–Kier alpha value is -6.82. The van der Waals surface area contributed by atoms with E-state index in [1.807, 2.05) is 55.4 Å². The summed E-state index contributed by atoms with van der Waals surface area (Å²) in [5, 5.41) is 0. The van der Waals surface area contributed by atoms with E-state index in [1.54, 1.807) is 27.7 Å². The first-order valence-electron chi connectivity index (χ1n) is 24.1. The van der Waals surface area contributed by atoms with Crippen molar-refractivity contribution >= 4 is 36.0 Å². The van der Waals surface area contributed by atoms with Gasteiger partial charge in [-0.3, -0.25) is 0 Å². The molecule has 12 nitrogen and oxygen atoms in total. The average Bonchev–Trinajstić information content (AvgIpc) is 4.06. The van der Waals surface area contributed by atoms with Crippen molar-refractivity contribution in [3.8, 4) is 0 Å². The summed E-state index contributed by atoms with van der Waals surface area (Å²) >= 11 is 0. The van der Waals surface area contributed by atoms with Gasteiger partial charge in [0.25, 0.3) is 0 Å². The zero-order valence-corrected chi connectivity index (χ0v) is 41.9. The van der Waals surface area contributed by atoms with Crippen molar-refractivity contribution in [2.75, 3.05) is 26.4 Å². The Kier molecular flexibility index (Phi) is 16.6. The van der Waals surface area contributed by atoms with Crippen LogP contribution in [0.4, 0.5) is 0 Å². The molecule has 0 aliphatic carbocycles. The Morgan fingerprint density at radius 2 is 0.618 bits per heavy atom. The number of nitrogens with one attached hydrogen (secondary N) is 4. The highest BCUT2D eigenvalue weighted by Crippen LogP contribution is 2.41. The van der Waals surface area contributed by atoms with Crippen LogP contribution in [0.2, 0.25) is 0 Å². The molecule has 0 saturated carbocycles. The molecule has 0 radical (unpaired) electrons. The Bertz CT molecular complexity index is 2460. The van der Waals surface area contributed by atoms with Gasteiger partial charge in [0.15, 0.2) is 0 Å². The fourth-order valence-corrected chi connectivity index (χ4v) is 9.80. The highest BCUT2D eigenvalue weighted by molar-refractivity contribution is 5.92. The Morgan fingerprint density at radius 1 is 0.397 bits per heavy atom. The Balaban J connectivity index is 1.39. The summed E-state index contributed by atoms with van der Waals surface area (Å²) in [4.78, 5) is 66.8. The molecule has 2 aromatic carbocycles. The fraction of sp³-hybridized carbons (Fsp3) is 0.393. The largest absolute Gasteiger partial charge is 0.461 e. The Morgan fingerprint density at radius 3 is 0.809 bits per heavy atom. The van der Waals surface area contributed by atoms with Crippen LogP contribution < -0.4 is 0 Å². The number of esters is 4. The standard InChI is InChI=1S/C56H68N4O8/c1-13-39-31(9)45(57-49(39)53(61)65-17-5)43(46-32(10)40(14-2)50(58-46)54(62)66-18-6)37-27-23-35(24-28-37)21-22-36-25-29-38(30-26-36)44(47-33(11)41(15-3)51(59-47)55(63)67-19-7)48-34(12)42(16-4)52(60-48)56(64)68-20-8/h21-30,43-44,57-60H,13-20H2,1-12H3/b22-21+. The molecule has 0 aliphatic rings. The molecular weight excluding hydrogens is 857 g/mol. The molecule has 0 fully saturated rings. The van der Waals surface area contributed by atoms with Crippen LogP contribution in [0.3, 0.4) is 0 Å². The highest BCUT2D eigenvalue weighted by atomic mass is 16.5. The van der Waals surface area contributed by atoms with Crippen molar-refractivity contribution in [1.29, 1.82) is 0 Å². The molecule has 4 heterocycles. The molecular formula is C56H68N4O8. The predicted molar refractivity (Wildman–Crippen MR) is 267 cm³/mol. The molecule has 6 rings (SSSR count). The zero-order chi connectivity index (χ0) is 49.4. The smallest absolute Gasteiger partial charge is 0.355 e. The summed E-state index contributed by atoms with van der Waals surface area (Å²) in [7, 11) is 0. The molecule has 0 unspecified atom stereocenters. The third-order valence-corrected chi connectivity index (χ3v) is 13.2. The molecule has 0 atom stereocenters. The van der Waals surface area contributed by atoms with Crippen LogP contribution in [-0.2, 0) is 44.6 Å². The molecule has 0 bridgehead atoms. The van der Waals surface area contributed by atoms with E-state index in [0.29, 0.717) is 48.5 Å². The molecule has 4 N–H and O–H groups in total. The van der Waals surface area contributed by atoms with E-state index in [-0.39, 0.29) is 38.3 Å². The minimum Gasteiger partial charge on any atom is -0.461 e. The summed E-state index contributed by atoms with van der Waals surface area (Å²) in [5.41, 5.74) is 16.5. The van der Waals surface area contributed by atoms with Gasteiger partial charge in [-0.25, -0.2) is 19.2 Å². The number of carbonyl (C=O) groups is 4. The topological polar surface area (TPSA) is 168 Å². The molecule has 360 valence electrons. The van der Waals surface area contributed by atoms with Crippen LogP contribution in [0, 0.1) is 27.7 Å². The van der Waals surface area contributed by atoms with Gasteiger partial charge in [0.2, 0.25) is 0 Å². The summed E-state index contributed by atoms with van der Waals surface area (Å²) in [5.74, 6) is -2.32. The highest BCUT2D eigenvalue weighted by Gasteiger charge is 2.33. The van der Waals surface area contributed by atoms with Crippen molar-refractivity contribution in [1.82, 2.24) is 19.9 Å². The lowest BCUT2D eigenvalue weighted by Gasteiger charge is -2.19. The number of H-pyrrole nitrogens is 4. The number of rotatable bonds is 20. The lowest BCUT2D eigenvalue weighted by atomic mass is 9.86. The first-order chi connectivity index (χ1) is 32.7. The second-order valence-corrected chi connectivity index (χ2v) is 16.9. The van der Waals surface area contributed by atoms with Gasteiger partial charge in [-0.2, -0.15) is 0 Å². The SMILES string of the molecule is CCOC(=O)c1[nH]c(C(c2ccc(/C=C/c3ccc(C(c4[nH]c(C(=O)OCC)c(CC)c4C)c4[nH]c(C(=O)OCC)c(CC)c4C)cc3)cc2)c2[nH]c(C(=O)OCC)c(CC)c2C)c(C)c1CC. The van der Waals surface area contributed by atoms with Crippen LogP contribution in [-0.4, -0.2) is 70.2 Å². The van der Waals surface area contributed by atoms with Crippen LogP contribution in [0.15, 0.2) is 48.5 Å². The van der Waals surface area contributed by atoms with Gasteiger partial charge in [0, 0.05) is 22.8 Å². The first kappa shape index (κ1) is 50.6. The summed E-state index contributed by atoms with van der Waals surface area (Å²) < 4.78 is 21.9. The lowest BCUT2D eigenvalue weighted by molar-refractivity contribution is 0.0509. The predicted octanol–water partition coefficient (Wildman–Crippen LogP) is 11.7. The number of carbonyl (C=O) groups excluding carboxylic acids is 4. The van der Waals surface area contributed by atoms with Gasteiger partial charge in [-0.05, 0) is 148 Å². The van der Waals surface area contributed by atoms with Gasteiger partial charge in [-0.1, -0.05) is 88.4 Å². The molecule has 0 amide bonds. The van der Waals surface area contributed by atoms with E-state index in [9.17, 15) is 19.2 Å². The summed E-state index contributed by atoms with van der Waals surface area (Å²) in [6.07, 6.45) is 6.67. The number of hydrogen-bond donors (Lipinski definition) is 4. The van der Waals surface area contributed by atoms with Gasteiger partial charge < -0.3 is 38.9 Å². The van der Waals surface area contributed by atoms with Gasteiger partial charge in [-0.15, -0.1) is 0 Å². The third kappa shape index (κ3) is 9.91. The maximum Gasteiger partial charge on any atom is 0.355 e. The van der Waals surface area contributed by atoms with Gasteiger partial charge in [0.05, 0.1) is 38.3 Å². The molecule has 4 aromatic heterocycles. The van der Waals surface area contributed by atoms with Crippen molar-refractivity contribution in [2.24, 2.45) is 0 Å². The quantitative estimate of drug-likeness (QED) is 0.0333. The van der Waals surface area contributed by atoms with Crippen molar-refractivity contribution < 1.29 is 38.1 Å². The average molecular weight is 925 g/mol. The van der Waals surface area contributed by atoms with Gasteiger partial charge >= 0.3 is 23.9 Å². The van der Waals surface area contributed by atoms with Crippen LogP contribution in [0.1, 0.15) is 199 Å². The molecule has 0 saturated heterocycles. The zero-order valence-electron chi connectivity index (χ0n) is 41.9. The third-order valence-electron chi connectivity index (χ3n) is 13.2. The molecule has 0 spiro atoms. The Labute approximate surface area is 400 Å². The van der Waals surface area contributed by atoms with E-state index < -0.39 is 23.9 Å². The van der Waals surface area contributed by atoms with Crippen molar-refractivity contribution in [3.05, 3.63) is 161 Å². The van der Waals surface area contributed by atoms with Crippen LogP contribution >= 0.6 is 0 Å². The molecule has 6 aromatic rings. The maximum absolute atomic E-state index is 13.2. The first-order valence-corrected chi connectivity index (χ1v) is 24.1. The number of ether oxygens (including phenoxy) is 4. The number of benzene rings is 2. The van der Waals surface area contributed by atoms with Crippen molar-refractivity contribution in [3.63, 3.8) is 0 Å². The minimum absolute atomic E-state index is 0.259. The minimum atomic E-state index is -0.396. The van der Waals surface area contributed by atoms with E-state index in [1.165, 1.54) is 0 Å². The number of aromatic nitrogens is 4. The van der Waals surface area contributed by atoms with E-state index >= 15 is 0 Å². The second kappa shape index (κ2) is 22.3. The number of aromatic amines is 4. The lowest BCUT2D eigenvalue weighted by Crippen LogP contribution is -2.10. The van der Waals surface area contributed by atoms with Crippen LogP contribution in [0.5, 0.6) is 0 Å². The maximum atomic E-state index is 13.2. The monoisotopic (exact) mass is 925 g/mol. The van der Waals surface area contributed by atoms with E-state index in [0.717, 1.165) is 89.5 Å². The van der Waals surface area contributed by atoms with E-state index in [4.69, 9.17) is 18.9 Å². The fourth-order valence-electron chi connectivity index (χ4n) is 9.80. The van der Waals surface area contributed by atoms with Crippen molar-refractivity contribution in [2.45, 2.75) is 121 Å². The van der Waals surface area contributed by atoms with Crippen LogP contribution in [0.25, 0.3) is 12.2 Å². The molecule has 68 heavy (non-hydrogen) atoms. The number of hydrogen-bond acceptors (Lipinski definition) is 8. The molecule has 12 heteroatoms. The van der Waals surface area contributed by atoms with Gasteiger partial charge in [0.1, 0.15) is 22.8 Å². The summed E-state index contributed by atoms with van der Waals surface area (Å²) in [6, 6.07) is 16.6. The second-order valence-electron chi connectivity index (χ2n) is 16.9. The normalized spacial score (nSPS) is 11.6. The van der Waals surface area contributed by atoms with E-state index in [2.05, 4.69) is 80.6 Å².